The first kappa shape index (κ1) is 21.4. The van der Waals surface area contributed by atoms with E-state index in [-0.39, 0.29) is 23.9 Å². The molecule has 1 aliphatic heterocycles. The molecule has 2 heterocycles. The lowest BCUT2D eigenvalue weighted by atomic mass is 10.1. The summed E-state index contributed by atoms with van der Waals surface area (Å²) < 4.78 is 5.48. The molecule has 7 nitrogen and oxygen atoms in total. The van der Waals surface area contributed by atoms with Crippen LogP contribution in [0, 0.1) is 0 Å². The number of anilines is 1. The summed E-state index contributed by atoms with van der Waals surface area (Å²) in [4.78, 5) is 28.1. The maximum atomic E-state index is 12.6. The van der Waals surface area contributed by atoms with Crippen molar-refractivity contribution in [3.05, 3.63) is 52.2 Å². The quantitative estimate of drug-likeness (QED) is 0.614. The van der Waals surface area contributed by atoms with E-state index in [9.17, 15) is 9.59 Å². The highest BCUT2D eigenvalue weighted by Crippen LogP contribution is 2.25. The number of morpholine rings is 1. The van der Waals surface area contributed by atoms with Crippen LogP contribution in [-0.2, 0) is 9.53 Å². The number of rotatable bonds is 8. The molecule has 3 N–H and O–H groups in total. The molecule has 1 aromatic carbocycles. The fourth-order valence-electron chi connectivity index (χ4n) is 3.29. The Kier molecular flexibility index (Phi) is 7.76. The minimum absolute atomic E-state index is 0.133. The lowest BCUT2D eigenvalue weighted by molar-refractivity contribution is -0.117. The van der Waals surface area contributed by atoms with Crippen LogP contribution in [0.5, 0.6) is 0 Å². The van der Waals surface area contributed by atoms with Gasteiger partial charge in [-0.2, -0.15) is 0 Å². The topological polar surface area (TPSA) is 82.7 Å². The Labute approximate surface area is 175 Å². The van der Waals surface area contributed by atoms with Crippen molar-refractivity contribution in [2.75, 3.05) is 45.2 Å². The average molecular weight is 417 g/mol. The van der Waals surface area contributed by atoms with Gasteiger partial charge in [0.15, 0.2) is 0 Å². The highest BCUT2D eigenvalue weighted by atomic mass is 32.1. The maximum absolute atomic E-state index is 12.6. The van der Waals surface area contributed by atoms with E-state index in [0.29, 0.717) is 17.8 Å². The van der Waals surface area contributed by atoms with Crippen molar-refractivity contribution < 1.29 is 14.3 Å². The Balaban J connectivity index is 1.59. The molecule has 0 aliphatic carbocycles. The molecule has 1 aliphatic rings. The second-order valence-corrected chi connectivity index (χ2v) is 7.94. The first-order valence-corrected chi connectivity index (χ1v) is 10.7. The average Bonchev–Trinajstić information content (AvgIpc) is 3.28. The maximum Gasteiger partial charge on any atom is 0.251 e. The third-order valence-corrected chi connectivity index (χ3v) is 5.96. The largest absolute Gasteiger partial charge is 0.379 e. The molecule has 0 saturated carbocycles. The van der Waals surface area contributed by atoms with E-state index in [4.69, 9.17) is 4.74 Å². The molecule has 0 radical (unpaired) electrons. The Morgan fingerprint density at radius 1 is 1.21 bits per heavy atom. The van der Waals surface area contributed by atoms with Gasteiger partial charge in [-0.25, -0.2) is 0 Å². The van der Waals surface area contributed by atoms with Crippen LogP contribution < -0.4 is 16.0 Å². The van der Waals surface area contributed by atoms with E-state index in [2.05, 4.69) is 38.4 Å². The summed E-state index contributed by atoms with van der Waals surface area (Å²) >= 11 is 1.73. The van der Waals surface area contributed by atoms with E-state index in [1.807, 2.05) is 6.92 Å². The third kappa shape index (κ3) is 5.86. The van der Waals surface area contributed by atoms with Gasteiger partial charge in [-0.05, 0) is 36.6 Å². The number of nitrogens with zero attached hydrogens (tertiary/aromatic N) is 1. The number of nitrogens with one attached hydrogen (secondary N) is 3. The summed E-state index contributed by atoms with van der Waals surface area (Å²) in [5.41, 5.74) is 1.11. The Morgan fingerprint density at radius 3 is 2.69 bits per heavy atom. The second kappa shape index (κ2) is 10.5. The van der Waals surface area contributed by atoms with Crippen LogP contribution in [0.3, 0.4) is 0 Å². The second-order valence-electron chi connectivity index (χ2n) is 6.96. The van der Waals surface area contributed by atoms with Crippen LogP contribution in [0.4, 0.5) is 5.69 Å². The standard InChI is InChI=1S/C21H28N4O3S/c1-15(20(26)24-17-6-3-5-16(13-17)21(27)22-2)23-14-18(19-7-4-12-29-19)25-8-10-28-11-9-25/h3-7,12-13,15,18,23H,8-11,14H2,1-2H3,(H,22,27)(H,24,26). The third-order valence-electron chi connectivity index (χ3n) is 4.99. The lowest BCUT2D eigenvalue weighted by Crippen LogP contribution is -2.46. The molecule has 0 bridgehead atoms. The van der Waals surface area contributed by atoms with Gasteiger partial charge < -0.3 is 20.7 Å². The fourth-order valence-corrected chi connectivity index (χ4v) is 4.15. The van der Waals surface area contributed by atoms with Gasteiger partial charge >= 0.3 is 0 Å². The Hall–Kier alpha value is -2.26. The van der Waals surface area contributed by atoms with E-state index in [0.717, 1.165) is 26.3 Å². The fraction of sp³-hybridized carbons (Fsp3) is 0.429. The molecular formula is C21H28N4O3S. The van der Waals surface area contributed by atoms with E-state index >= 15 is 0 Å². The van der Waals surface area contributed by atoms with Crippen molar-refractivity contribution in [2.45, 2.75) is 19.0 Å². The van der Waals surface area contributed by atoms with Crippen molar-refractivity contribution >= 4 is 28.8 Å². The van der Waals surface area contributed by atoms with Crippen LogP contribution >= 0.6 is 11.3 Å². The number of benzene rings is 1. The van der Waals surface area contributed by atoms with Crippen LogP contribution in [0.2, 0.25) is 0 Å². The molecule has 2 aromatic rings. The van der Waals surface area contributed by atoms with Gasteiger partial charge in [0, 0.05) is 42.8 Å². The van der Waals surface area contributed by atoms with Gasteiger partial charge in [-0.1, -0.05) is 12.1 Å². The van der Waals surface area contributed by atoms with E-state index < -0.39 is 0 Å². The number of carbonyl (C=O) groups is 2. The SMILES string of the molecule is CNC(=O)c1cccc(NC(=O)C(C)NCC(c2cccs2)N2CCOCC2)c1. The van der Waals surface area contributed by atoms with Gasteiger partial charge in [-0.3, -0.25) is 14.5 Å². The normalized spacial score (nSPS) is 16.8. The van der Waals surface area contributed by atoms with E-state index in [1.165, 1.54) is 4.88 Å². The molecule has 29 heavy (non-hydrogen) atoms. The molecular weight excluding hydrogens is 388 g/mol. The zero-order valence-electron chi connectivity index (χ0n) is 16.8. The molecule has 0 spiro atoms. The molecule has 1 fully saturated rings. The summed E-state index contributed by atoms with van der Waals surface area (Å²) in [5, 5.41) is 10.9. The molecule has 156 valence electrons. The van der Waals surface area contributed by atoms with E-state index in [1.54, 1.807) is 42.6 Å². The number of hydrogen-bond acceptors (Lipinski definition) is 6. The summed E-state index contributed by atoms with van der Waals surface area (Å²) in [6, 6.07) is 11.0. The van der Waals surface area contributed by atoms with Crippen molar-refractivity contribution in [1.29, 1.82) is 0 Å². The summed E-state index contributed by atoms with van der Waals surface area (Å²) in [7, 11) is 1.58. The lowest BCUT2D eigenvalue weighted by Gasteiger charge is -2.34. The van der Waals surface area contributed by atoms with Gasteiger partial charge in [-0.15, -0.1) is 11.3 Å². The molecule has 8 heteroatoms. The van der Waals surface area contributed by atoms with Crippen molar-refractivity contribution in [2.24, 2.45) is 0 Å². The van der Waals surface area contributed by atoms with Gasteiger partial charge in [0.1, 0.15) is 0 Å². The minimum atomic E-state index is -0.373. The van der Waals surface area contributed by atoms with Crippen molar-refractivity contribution in [1.82, 2.24) is 15.5 Å². The Morgan fingerprint density at radius 2 is 2.00 bits per heavy atom. The summed E-state index contributed by atoms with van der Waals surface area (Å²) in [6.07, 6.45) is 0. The minimum Gasteiger partial charge on any atom is -0.379 e. The van der Waals surface area contributed by atoms with Gasteiger partial charge in [0.05, 0.1) is 25.3 Å². The molecule has 1 aromatic heterocycles. The van der Waals surface area contributed by atoms with Crippen LogP contribution in [0.1, 0.15) is 28.2 Å². The van der Waals surface area contributed by atoms with Gasteiger partial charge in [0.25, 0.3) is 5.91 Å². The summed E-state index contributed by atoms with van der Waals surface area (Å²) in [6.45, 7) is 5.77. The number of thiophene rings is 1. The van der Waals surface area contributed by atoms with Crippen molar-refractivity contribution in [3.63, 3.8) is 0 Å². The predicted molar refractivity (Wildman–Crippen MR) is 115 cm³/mol. The molecule has 2 amide bonds. The molecule has 1 saturated heterocycles. The predicted octanol–water partition coefficient (Wildman–Crippen LogP) is 2.10. The number of amides is 2. The smallest absolute Gasteiger partial charge is 0.251 e. The van der Waals surface area contributed by atoms with Crippen LogP contribution in [0.25, 0.3) is 0 Å². The number of hydrogen-bond donors (Lipinski definition) is 3. The highest BCUT2D eigenvalue weighted by Gasteiger charge is 2.24. The van der Waals surface area contributed by atoms with Gasteiger partial charge in [0.2, 0.25) is 5.91 Å². The molecule has 2 atom stereocenters. The first-order valence-electron chi connectivity index (χ1n) is 9.80. The zero-order chi connectivity index (χ0) is 20.6. The van der Waals surface area contributed by atoms with Crippen LogP contribution in [0.15, 0.2) is 41.8 Å². The highest BCUT2D eigenvalue weighted by molar-refractivity contribution is 7.10. The molecule has 2 unspecified atom stereocenters. The number of ether oxygens (including phenoxy) is 1. The summed E-state index contributed by atoms with van der Waals surface area (Å²) in [5.74, 6) is -0.317. The number of carbonyl (C=O) groups excluding carboxylic acids is 2. The van der Waals surface area contributed by atoms with Crippen LogP contribution in [-0.4, -0.2) is 62.7 Å². The molecule has 3 rings (SSSR count). The Bertz CT molecular complexity index is 806. The zero-order valence-corrected chi connectivity index (χ0v) is 17.6. The van der Waals surface area contributed by atoms with Crippen molar-refractivity contribution in [3.8, 4) is 0 Å². The first-order chi connectivity index (χ1) is 14.1. The monoisotopic (exact) mass is 416 g/mol.